The van der Waals surface area contributed by atoms with Gasteiger partial charge in [0.2, 0.25) is 0 Å². The van der Waals surface area contributed by atoms with Gasteiger partial charge in [0.25, 0.3) is 0 Å². The Morgan fingerprint density at radius 2 is 1.05 bits per heavy atom. The Kier molecular flexibility index (Phi) is 4.10. The molecule has 0 aromatic heterocycles. The zero-order valence-corrected chi connectivity index (χ0v) is 12.9. The molecule has 0 radical (unpaired) electrons. The molecule has 2 heteroatoms. The molecule has 0 fully saturated rings. The van der Waals surface area contributed by atoms with Crippen LogP contribution < -0.4 is 10.6 Å². The van der Waals surface area contributed by atoms with Gasteiger partial charge >= 0.3 is 0 Å². The number of hydrogen-bond acceptors (Lipinski definition) is 2. The molecule has 0 unspecified atom stereocenters. The number of benzene rings is 3. The fraction of sp³-hybridized carbons (Fsp3) is 0.100. The maximum Gasteiger partial charge on any atom is 0.0623 e. The zero-order chi connectivity index (χ0) is 15.4. The van der Waals surface area contributed by atoms with Crippen molar-refractivity contribution >= 4 is 22.7 Å². The number of rotatable bonds is 4. The second-order valence-corrected chi connectivity index (χ2v) is 5.54. The van der Waals surface area contributed by atoms with Gasteiger partial charge in [0, 0.05) is 11.4 Å². The van der Waals surface area contributed by atoms with Crippen LogP contribution in [-0.4, -0.2) is 0 Å². The van der Waals surface area contributed by atoms with Gasteiger partial charge in [-0.1, -0.05) is 36.4 Å². The fourth-order valence-corrected chi connectivity index (χ4v) is 2.58. The van der Waals surface area contributed by atoms with Crippen molar-refractivity contribution in [1.29, 1.82) is 0 Å². The Hall–Kier alpha value is -2.74. The summed E-state index contributed by atoms with van der Waals surface area (Å²) in [6.07, 6.45) is 0. The minimum absolute atomic E-state index is 1.06. The molecule has 0 heterocycles. The molecular weight excluding hydrogens is 268 g/mol. The van der Waals surface area contributed by atoms with E-state index in [-0.39, 0.29) is 0 Å². The molecule has 110 valence electrons. The lowest BCUT2D eigenvalue weighted by atomic mass is 10.1. The van der Waals surface area contributed by atoms with E-state index in [0.717, 1.165) is 22.7 Å². The lowest BCUT2D eigenvalue weighted by Gasteiger charge is -2.15. The smallest absolute Gasteiger partial charge is 0.0623 e. The van der Waals surface area contributed by atoms with Crippen LogP contribution in [-0.2, 0) is 0 Å². The summed E-state index contributed by atoms with van der Waals surface area (Å²) >= 11 is 0. The molecule has 0 aliphatic carbocycles. The monoisotopic (exact) mass is 288 g/mol. The average molecular weight is 288 g/mol. The van der Waals surface area contributed by atoms with E-state index in [0.29, 0.717) is 0 Å². The van der Waals surface area contributed by atoms with Gasteiger partial charge in [-0.15, -0.1) is 0 Å². The molecular formula is C20H20N2. The maximum atomic E-state index is 3.51. The highest BCUT2D eigenvalue weighted by Gasteiger charge is 2.03. The molecule has 3 aromatic rings. The summed E-state index contributed by atoms with van der Waals surface area (Å²) in [5.41, 5.74) is 6.84. The second kappa shape index (κ2) is 6.35. The average Bonchev–Trinajstić information content (AvgIpc) is 2.49. The van der Waals surface area contributed by atoms with E-state index in [1.54, 1.807) is 0 Å². The standard InChI is InChI=1S/C20H20N2/c1-15-12-16(2)14-18(13-15)22-20-11-7-6-10-19(20)21-17-8-4-3-5-9-17/h3-14,21-22H,1-2H3. The molecule has 0 amide bonds. The molecule has 3 aromatic carbocycles. The van der Waals surface area contributed by atoms with Crippen LogP contribution in [0.15, 0.2) is 72.8 Å². The molecule has 2 nitrogen and oxygen atoms in total. The van der Waals surface area contributed by atoms with Crippen molar-refractivity contribution in [2.45, 2.75) is 13.8 Å². The van der Waals surface area contributed by atoms with Crippen molar-refractivity contribution in [3.05, 3.63) is 83.9 Å². The summed E-state index contributed by atoms with van der Waals surface area (Å²) < 4.78 is 0. The highest BCUT2D eigenvalue weighted by Crippen LogP contribution is 2.28. The normalized spacial score (nSPS) is 10.3. The molecule has 0 saturated heterocycles. The quantitative estimate of drug-likeness (QED) is 0.635. The van der Waals surface area contributed by atoms with Crippen molar-refractivity contribution in [3.8, 4) is 0 Å². The summed E-state index contributed by atoms with van der Waals surface area (Å²) in [5, 5.41) is 6.97. The van der Waals surface area contributed by atoms with E-state index >= 15 is 0 Å². The topological polar surface area (TPSA) is 24.1 Å². The Labute approximate surface area is 131 Å². The summed E-state index contributed by atoms with van der Waals surface area (Å²) in [6.45, 7) is 4.23. The lowest BCUT2D eigenvalue weighted by molar-refractivity contribution is 1.37. The summed E-state index contributed by atoms with van der Waals surface area (Å²) in [6, 6.07) is 25.0. The van der Waals surface area contributed by atoms with Crippen LogP contribution in [0.1, 0.15) is 11.1 Å². The van der Waals surface area contributed by atoms with Crippen molar-refractivity contribution in [1.82, 2.24) is 0 Å². The van der Waals surface area contributed by atoms with Gasteiger partial charge in [0.05, 0.1) is 11.4 Å². The van der Waals surface area contributed by atoms with E-state index in [1.165, 1.54) is 11.1 Å². The van der Waals surface area contributed by atoms with Crippen LogP contribution in [0.25, 0.3) is 0 Å². The first-order chi connectivity index (χ1) is 10.7. The first kappa shape index (κ1) is 14.2. The van der Waals surface area contributed by atoms with Crippen molar-refractivity contribution in [3.63, 3.8) is 0 Å². The predicted octanol–water partition coefficient (Wildman–Crippen LogP) is 5.79. The third-order valence-corrected chi connectivity index (χ3v) is 3.48. The van der Waals surface area contributed by atoms with Gasteiger partial charge in [-0.25, -0.2) is 0 Å². The van der Waals surface area contributed by atoms with Crippen LogP contribution in [0.5, 0.6) is 0 Å². The Balaban J connectivity index is 1.88. The Morgan fingerprint density at radius 3 is 1.64 bits per heavy atom. The molecule has 0 saturated carbocycles. The van der Waals surface area contributed by atoms with Gasteiger partial charge in [-0.05, 0) is 61.4 Å². The second-order valence-electron chi connectivity index (χ2n) is 5.54. The molecule has 3 rings (SSSR count). The van der Waals surface area contributed by atoms with Crippen LogP contribution in [0, 0.1) is 13.8 Å². The van der Waals surface area contributed by atoms with Crippen molar-refractivity contribution in [2.24, 2.45) is 0 Å². The van der Waals surface area contributed by atoms with Gasteiger partial charge in [-0.2, -0.15) is 0 Å². The number of anilines is 4. The number of aryl methyl sites for hydroxylation is 2. The highest BCUT2D eigenvalue weighted by molar-refractivity contribution is 5.78. The van der Waals surface area contributed by atoms with Crippen LogP contribution in [0.2, 0.25) is 0 Å². The molecule has 22 heavy (non-hydrogen) atoms. The molecule has 0 bridgehead atoms. The van der Waals surface area contributed by atoms with Crippen LogP contribution >= 0.6 is 0 Å². The first-order valence-corrected chi connectivity index (χ1v) is 7.47. The van der Waals surface area contributed by atoms with Crippen molar-refractivity contribution in [2.75, 3.05) is 10.6 Å². The number of hydrogen-bond donors (Lipinski definition) is 2. The van der Waals surface area contributed by atoms with E-state index in [2.05, 4.69) is 66.9 Å². The summed E-state index contributed by atoms with van der Waals surface area (Å²) in [4.78, 5) is 0. The van der Waals surface area contributed by atoms with Gasteiger partial charge in [-0.3, -0.25) is 0 Å². The van der Waals surface area contributed by atoms with Gasteiger partial charge in [0.1, 0.15) is 0 Å². The predicted molar refractivity (Wildman–Crippen MR) is 95.4 cm³/mol. The maximum absolute atomic E-state index is 3.51. The zero-order valence-electron chi connectivity index (χ0n) is 12.9. The summed E-state index contributed by atoms with van der Waals surface area (Å²) in [5.74, 6) is 0. The van der Waals surface area contributed by atoms with Crippen LogP contribution in [0.4, 0.5) is 22.7 Å². The van der Waals surface area contributed by atoms with E-state index in [9.17, 15) is 0 Å². The van der Waals surface area contributed by atoms with Crippen LogP contribution in [0.3, 0.4) is 0 Å². The van der Waals surface area contributed by atoms with Gasteiger partial charge in [0.15, 0.2) is 0 Å². The Bertz CT molecular complexity index is 743. The van der Waals surface area contributed by atoms with Crippen molar-refractivity contribution < 1.29 is 0 Å². The van der Waals surface area contributed by atoms with E-state index in [4.69, 9.17) is 0 Å². The van der Waals surface area contributed by atoms with E-state index in [1.807, 2.05) is 30.3 Å². The molecule has 0 spiro atoms. The van der Waals surface area contributed by atoms with E-state index < -0.39 is 0 Å². The largest absolute Gasteiger partial charge is 0.354 e. The summed E-state index contributed by atoms with van der Waals surface area (Å²) in [7, 11) is 0. The molecule has 0 atom stereocenters. The Morgan fingerprint density at radius 1 is 0.545 bits per heavy atom. The minimum atomic E-state index is 1.06. The molecule has 2 N–H and O–H groups in total. The number of nitrogens with one attached hydrogen (secondary N) is 2. The molecule has 0 aliphatic heterocycles. The third kappa shape index (κ3) is 3.47. The fourth-order valence-electron chi connectivity index (χ4n) is 2.58. The first-order valence-electron chi connectivity index (χ1n) is 7.47. The SMILES string of the molecule is Cc1cc(C)cc(Nc2ccccc2Nc2ccccc2)c1. The minimum Gasteiger partial charge on any atom is -0.354 e. The third-order valence-electron chi connectivity index (χ3n) is 3.48. The number of para-hydroxylation sites is 3. The highest BCUT2D eigenvalue weighted by atomic mass is 15.0. The lowest BCUT2D eigenvalue weighted by Crippen LogP contribution is -1.97. The van der Waals surface area contributed by atoms with Gasteiger partial charge < -0.3 is 10.6 Å². The molecule has 0 aliphatic rings.